The van der Waals surface area contributed by atoms with Crippen molar-refractivity contribution in [3.8, 4) is 11.6 Å². The first-order chi connectivity index (χ1) is 8.29. The van der Waals surface area contributed by atoms with Crippen molar-refractivity contribution in [3.63, 3.8) is 0 Å². The number of nitrogens with one attached hydrogen (secondary N) is 1. The fourth-order valence-corrected chi connectivity index (χ4v) is 2.00. The maximum absolute atomic E-state index is 5.55. The molecule has 0 saturated heterocycles. The highest BCUT2D eigenvalue weighted by Gasteiger charge is 2.10. The van der Waals surface area contributed by atoms with Crippen LogP contribution in [0.3, 0.4) is 0 Å². The van der Waals surface area contributed by atoms with Crippen LogP contribution in [0.4, 0.5) is 0 Å². The molecule has 0 saturated carbocycles. The molecule has 0 spiro atoms. The van der Waals surface area contributed by atoms with Crippen LogP contribution in [-0.2, 0) is 6.42 Å². The van der Waals surface area contributed by atoms with E-state index >= 15 is 0 Å². The molecule has 0 atom stereocenters. The van der Waals surface area contributed by atoms with E-state index in [0.717, 1.165) is 36.6 Å². The zero-order valence-corrected chi connectivity index (χ0v) is 10.9. The van der Waals surface area contributed by atoms with Gasteiger partial charge in [-0.15, -0.1) is 21.5 Å². The van der Waals surface area contributed by atoms with Crippen molar-refractivity contribution in [3.05, 3.63) is 16.3 Å². The van der Waals surface area contributed by atoms with Crippen molar-refractivity contribution in [1.82, 2.24) is 20.5 Å². The standard InChI is InChI=1S/C11H16N4OS/c1-3-5-12-6-4-10-14-15-11(16-10)9-7-17-8(2)13-9/h7,12H,3-6H2,1-2H3. The fraction of sp³-hybridized carbons (Fsp3) is 0.545. The Balaban J connectivity index is 1.92. The number of rotatable bonds is 6. The van der Waals surface area contributed by atoms with Gasteiger partial charge in [0, 0.05) is 18.3 Å². The van der Waals surface area contributed by atoms with E-state index in [-0.39, 0.29) is 0 Å². The van der Waals surface area contributed by atoms with Gasteiger partial charge in [0.25, 0.3) is 5.89 Å². The molecule has 2 heterocycles. The molecule has 2 aromatic heterocycles. The predicted molar refractivity (Wildman–Crippen MR) is 67.0 cm³/mol. The van der Waals surface area contributed by atoms with Crippen LogP contribution < -0.4 is 5.32 Å². The second-order valence-electron chi connectivity index (χ2n) is 3.75. The van der Waals surface area contributed by atoms with Crippen molar-refractivity contribution < 1.29 is 4.42 Å². The average molecular weight is 252 g/mol. The molecule has 5 nitrogen and oxygen atoms in total. The smallest absolute Gasteiger partial charge is 0.267 e. The fourth-order valence-electron chi connectivity index (χ4n) is 1.42. The molecule has 0 aliphatic rings. The van der Waals surface area contributed by atoms with E-state index < -0.39 is 0 Å². The first kappa shape index (κ1) is 12.2. The van der Waals surface area contributed by atoms with Crippen molar-refractivity contribution >= 4 is 11.3 Å². The van der Waals surface area contributed by atoms with E-state index in [1.165, 1.54) is 0 Å². The van der Waals surface area contributed by atoms with Crippen LogP contribution in [-0.4, -0.2) is 28.3 Å². The van der Waals surface area contributed by atoms with Gasteiger partial charge in [-0.3, -0.25) is 0 Å². The Bertz CT molecular complexity index is 465. The van der Waals surface area contributed by atoms with Gasteiger partial charge in [-0.05, 0) is 19.9 Å². The largest absolute Gasteiger partial charge is 0.419 e. The zero-order chi connectivity index (χ0) is 12.1. The Morgan fingerprint density at radius 3 is 2.94 bits per heavy atom. The van der Waals surface area contributed by atoms with Crippen LogP contribution in [0.15, 0.2) is 9.80 Å². The zero-order valence-electron chi connectivity index (χ0n) is 10.1. The lowest BCUT2D eigenvalue weighted by Gasteiger charge is -1.98. The summed E-state index contributed by atoms with van der Waals surface area (Å²) in [6.45, 7) is 5.99. The van der Waals surface area contributed by atoms with Gasteiger partial charge in [0.15, 0.2) is 0 Å². The Labute approximate surface area is 104 Å². The predicted octanol–water partition coefficient (Wildman–Crippen LogP) is 2.04. The summed E-state index contributed by atoms with van der Waals surface area (Å²) in [6, 6.07) is 0. The lowest BCUT2D eigenvalue weighted by atomic mass is 10.4. The maximum atomic E-state index is 5.55. The van der Waals surface area contributed by atoms with E-state index in [2.05, 4.69) is 27.4 Å². The second-order valence-corrected chi connectivity index (χ2v) is 4.81. The molecule has 0 aliphatic heterocycles. The number of nitrogens with zero attached hydrogens (tertiary/aromatic N) is 3. The van der Waals surface area contributed by atoms with Gasteiger partial charge in [0.2, 0.25) is 5.89 Å². The molecular weight excluding hydrogens is 236 g/mol. The Kier molecular flexibility index (Phi) is 4.22. The Morgan fingerprint density at radius 2 is 2.24 bits per heavy atom. The monoisotopic (exact) mass is 252 g/mol. The van der Waals surface area contributed by atoms with E-state index in [9.17, 15) is 0 Å². The number of hydrogen-bond acceptors (Lipinski definition) is 6. The van der Waals surface area contributed by atoms with Gasteiger partial charge in [0.05, 0.1) is 5.01 Å². The first-order valence-corrected chi connectivity index (χ1v) is 6.63. The Hall–Kier alpha value is -1.27. The van der Waals surface area contributed by atoms with Gasteiger partial charge in [-0.1, -0.05) is 6.92 Å². The number of hydrogen-bond donors (Lipinski definition) is 1. The minimum Gasteiger partial charge on any atom is -0.419 e. The van der Waals surface area contributed by atoms with Crippen molar-refractivity contribution in [1.29, 1.82) is 0 Å². The summed E-state index contributed by atoms with van der Waals surface area (Å²) in [5.41, 5.74) is 0.771. The molecule has 0 amide bonds. The molecule has 2 aromatic rings. The van der Waals surface area contributed by atoms with E-state index in [4.69, 9.17) is 4.42 Å². The number of aryl methyl sites for hydroxylation is 1. The summed E-state index contributed by atoms with van der Waals surface area (Å²) in [4.78, 5) is 4.31. The van der Waals surface area contributed by atoms with Gasteiger partial charge < -0.3 is 9.73 Å². The molecule has 0 aliphatic carbocycles. The number of aromatic nitrogens is 3. The van der Waals surface area contributed by atoms with E-state index in [1.54, 1.807) is 11.3 Å². The minimum absolute atomic E-state index is 0.514. The quantitative estimate of drug-likeness (QED) is 0.797. The lowest BCUT2D eigenvalue weighted by molar-refractivity contribution is 0.493. The van der Waals surface area contributed by atoms with E-state index in [0.29, 0.717) is 11.8 Å². The number of thiazole rings is 1. The molecule has 2 rings (SSSR count). The van der Waals surface area contributed by atoms with Crippen LogP contribution in [0.25, 0.3) is 11.6 Å². The van der Waals surface area contributed by atoms with Crippen molar-refractivity contribution in [2.24, 2.45) is 0 Å². The molecule has 0 unspecified atom stereocenters. The van der Waals surface area contributed by atoms with Crippen LogP contribution >= 0.6 is 11.3 Å². The second kappa shape index (κ2) is 5.88. The molecule has 6 heteroatoms. The van der Waals surface area contributed by atoms with Gasteiger partial charge in [-0.2, -0.15) is 0 Å². The third-order valence-electron chi connectivity index (χ3n) is 2.25. The summed E-state index contributed by atoms with van der Waals surface area (Å²) < 4.78 is 5.55. The third-order valence-corrected chi connectivity index (χ3v) is 3.02. The van der Waals surface area contributed by atoms with Gasteiger partial charge in [-0.25, -0.2) is 4.98 Å². The van der Waals surface area contributed by atoms with Crippen molar-refractivity contribution in [2.45, 2.75) is 26.7 Å². The summed E-state index contributed by atoms with van der Waals surface area (Å²) in [6.07, 6.45) is 1.89. The first-order valence-electron chi connectivity index (χ1n) is 5.75. The summed E-state index contributed by atoms with van der Waals surface area (Å²) in [5, 5.41) is 14.2. The molecular formula is C11H16N4OS. The van der Waals surface area contributed by atoms with Gasteiger partial charge in [0.1, 0.15) is 5.69 Å². The molecule has 0 bridgehead atoms. The van der Waals surface area contributed by atoms with E-state index in [1.807, 2.05) is 12.3 Å². The highest BCUT2D eigenvalue weighted by Crippen LogP contribution is 2.19. The van der Waals surface area contributed by atoms with Gasteiger partial charge >= 0.3 is 0 Å². The summed E-state index contributed by atoms with van der Waals surface area (Å²) >= 11 is 1.58. The third kappa shape index (κ3) is 3.34. The normalized spacial score (nSPS) is 10.9. The molecule has 17 heavy (non-hydrogen) atoms. The van der Waals surface area contributed by atoms with Crippen molar-refractivity contribution in [2.75, 3.05) is 13.1 Å². The van der Waals surface area contributed by atoms with Crippen LogP contribution in [0, 0.1) is 6.92 Å². The van der Waals surface area contributed by atoms with Crippen LogP contribution in [0.2, 0.25) is 0 Å². The molecule has 1 N–H and O–H groups in total. The topological polar surface area (TPSA) is 63.8 Å². The molecule has 0 fully saturated rings. The lowest BCUT2D eigenvalue weighted by Crippen LogP contribution is -2.17. The summed E-state index contributed by atoms with van der Waals surface area (Å²) in [7, 11) is 0. The average Bonchev–Trinajstić information content (AvgIpc) is 2.93. The minimum atomic E-state index is 0.514. The van der Waals surface area contributed by atoms with Crippen LogP contribution in [0.5, 0.6) is 0 Å². The molecule has 0 aromatic carbocycles. The maximum Gasteiger partial charge on any atom is 0.267 e. The molecule has 92 valence electrons. The summed E-state index contributed by atoms with van der Waals surface area (Å²) in [5.74, 6) is 1.18. The Morgan fingerprint density at radius 1 is 1.35 bits per heavy atom. The molecule has 0 radical (unpaired) electrons. The van der Waals surface area contributed by atoms with Crippen LogP contribution in [0.1, 0.15) is 24.2 Å². The highest BCUT2D eigenvalue weighted by molar-refractivity contribution is 7.09. The highest BCUT2D eigenvalue weighted by atomic mass is 32.1. The SMILES string of the molecule is CCCNCCc1nnc(-c2csc(C)n2)o1.